The van der Waals surface area contributed by atoms with Crippen molar-refractivity contribution in [3.63, 3.8) is 0 Å². The lowest BCUT2D eigenvalue weighted by Gasteiger charge is -2.32. The molecule has 0 saturated heterocycles. The molecule has 0 fully saturated rings. The fourth-order valence-corrected chi connectivity index (χ4v) is 2.04. The number of nitrogens with one attached hydrogen (secondary N) is 2. The van der Waals surface area contributed by atoms with E-state index in [1.807, 2.05) is 27.7 Å². The predicted molar refractivity (Wildman–Crippen MR) is 80.9 cm³/mol. The van der Waals surface area contributed by atoms with Crippen LogP contribution in [0.1, 0.15) is 27.7 Å². The number of rotatable bonds is 2. The van der Waals surface area contributed by atoms with Crippen molar-refractivity contribution < 1.29 is 19.4 Å². The van der Waals surface area contributed by atoms with E-state index in [0.29, 0.717) is 11.4 Å². The molecule has 3 N–H and O–H groups in total. The molecule has 0 spiro atoms. The summed E-state index contributed by atoms with van der Waals surface area (Å²) in [6.45, 7) is 7.31. The van der Waals surface area contributed by atoms with Crippen molar-refractivity contribution >= 4 is 17.5 Å². The standard InChI is InChI=1S/C15H22N2O4/c1-9-13(8-18)20-12-6-5-10(7-11(12)16-9)17-14(19)21-15(2,3)4/h5-7,9,13,16,18H,8H2,1-4H3,(H,17,19). The molecule has 1 aliphatic heterocycles. The van der Waals surface area contributed by atoms with Gasteiger partial charge < -0.3 is 19.9 Å². The largest absolute Gasteiger partial charge is 0.484 e. The molecule has 116 valence electrons. The van der Waals surface area contributed by atoms with Gasteiger partial charge in [0.15, 0.2) is 0 Å². The van der Waals surface area contributed by atoms with Crippen molar-refractivity contribution in [2.24, 2.45) is 0 Å². The quantitative estimate of drug-likeness (QED) is 0.781. The number of hydrogen-bond donors (Lipinski definition) is 3. The molecule has 1 heterocycles. The molecule has 0 bridgehead atoms. The first-order valence-corrected chi connectivity index (χ1v) is 6.96. The lowest BCUT2D eigenvalue weighted by atomic mass is 10.1. The highest BCUT2D eigenvalue weighted by atomic mass is 16.6. The molecular weight excluding hydrogens is 272 g/mol. The topological polar surface area (TPSA) is 79.8 Å². The number of aliphatic hydroxyl groups is 1. The maximum atomic E-state index is 11.7. The van der Waals surface area contributed by atoms with Gasteiger partial charge in [-0.1, -0.05) is 0 Å². The third-order valence-electron chi connectivity index (χ3n) is 3.02. The van der Waals surface area contributed by atoms with E-state index in [1.165, 1.54) is 0 Å². The molecule has 6 heteroatoms. The summed E-state index contributed by atoms with van der Waals surface area (Å²) in [6.07, 6.45) is -0.775. The Morgan fingerprint density at radius 2 is 2.19 bits per heavy atom. The smallest absolute Gasteiger partial charge is 0.412 e. The normalized spacial score (nSPS) is 20.8. The van der Waals surface area contributed by atoms with Crippen LogP contribution in [0.25, 0.3) is 0 Å². The fourth-order valence-electron chi connectivity index (χ4n) is 2.04. The maximum absolute atomic E-state index is 11.7. The van der Waals surface area contributed by atoms with Gasteiger partial charge >= 0.3 is 6.09 Å². The summed E-state index contributed by atoms with van der Waals surface area (Å²) in [5.74, 6) is 0.655. The molecular formula is C15H22N2O4. The summed E-state index contributed by atoms with van der Waals surface area (Å²) < 4.78 is 10.9. The van der Waals surface area contributed by atoms with E-state index in [4.69, 9.17) is 9.47 Å². The van der Waals surface area contributed by atoms with Gasteiger partial charge in [0.1, 0.15) is 17.5 Å². The second-order valence-corrected chi connectivity index (χ2v) is 6.11. The zero-order valence-electron chi connectivity index (χ0n) is 12.8. The first kappa shape index (κ1) is 15.4. The minimum absolute atomic E-state index is 0.0146. The van der Waals surface area contributed by atoms with Crippen LogP contribution in [0.2, 0.25) is 0 Å². The SMILES string of the molecule is CC1Nc2cc(NC(=O)OC(C)(C)C)ccc2OC1CO. The first-order valence-electron chi connectivity index (χ1n) is 6.96. The van der Waals surface area contributed by atoms with E-state index in [2.05, 4.69) is 10.6 Å². The maximum Gasteiger partial charge on any atom is 0.412 e. The number of carbonyl (C=O) groups excluding carboxylic acids is 1. The molecule has 0 aliphatic carbocycles. The fraction of sp³-hybridized carbons (Fsp3) is 0.533. The molecule has 2 rings (SSSR count). The highest BCUT2D eigenvalue weighted by Crippen LogP contribution is 2.33. The molecule has 1 aliphatic rings. The number of benzene rings is 1. The minimum atomic E-state index is -0.539. The molecule has 1 aromatic rings. The van der Waals surface area contributed by atoms with Crippen LogP contribution in [-0.2, 0) is 4.74 Å². The average Bonchev–Trinajstić information content (AvgIpc) is 2.35. The second kappa shape index (κ2) is 5.81. The summed E-state index contributed by atoms with van der Waals surface area (Å²) in [5.41, 5.74) is 0.859. The zero-order valence-corrected chi connectivity index (χ0v) is 12.8. The van der Waals surface area contributed by atoms with Crippen molar-refractivity contribution in [1.82, 2.24) is 0 Å². The van der Waals surface area contributed by atoms with Crippen LogP contribution in [0.5, 0.6) is 5.75 Å². The molecule has 2 unspecified atom stereocenters. The average molecular weight is 294 g/mol. The Hall–Kier alpha value is -1.95. The second-order valence-electron chi connectivity index (χ2n) is 6.11. The first-order chi connectivity index (χ1) is 9.78. The Balaban J connectivity index is 2.08. The number of hydrogen-bond acceptors (Lipinski definition) is 5. The van der Waals surface area contributed by atoms with Gasteiger partial charge in [-0.3, -0.25) is 5.32 Å². The van der Waals surface area contributed by atoms with Crippen LogP contribution < -0.4 is 15.4 Å². The van der Waals surface area contributed by atoms with E-state index < -0.39 is 11.7 Å². The van der Waals surface area contributed by atoms with Gasteiger partial charge in [0, 0.05) is 5.69 Å². The number of ether oxygens (including phenoxy) is 2. The van der Waals surface area contributed by atoms with Crippen LogP contribution in [0, 0.1) is 0 Å². The van der Waals surface area contributed by atoms with Gasteiger partial charge in [-0.25, -0.2) is 4.79 Å². The highest BCUT2D eigenvalue weighted by molar-refractivity contribution is 5.86. The predicted octanol–water partition coefficient (Wildman–Crippen LogP) is 2.59. The summed E-state index contributed by atoms with van der Waals surface area (Å²) in [6, 6.07) is 5.25. The molecule has 2 atom stereocenters. The molecule has 1 aromatic carbocycles. The Bertz CT molecular complexity index is 525. The highest BCUT2D eigenvalue weighted by Gasteiger charge is 2.26. The van der Waals surface area contributed by atoms with Gasteiger partial charge in [0.2, 0.25) is 0 Å². The number of carbonyl (C=O) groups is 1. The van der Waals surface area contributed by atoms with E-state index >= 15 is 0 Å². The van der Waals surface area contributed by atoms with Crippen molar-refractivity contribution in [2.45, 2.75) is 45.4 Å². The molecule has 21 heavy (non-hydrogen) atoms. The number of amides is 1. The zero-order chi connectivity index (χ0) is 15.6. The van der Waals surface area contributed by atoms with Crippen molar-refractivity contribution in [3.05, 3.63) is 18.2 Å². The van der Waals surface area contributed by atoms with E-state index in [1.54, 1.807) is 18.2 Å². The van der Waals surface area contributed by atoms with Crippen molar-refractivity contribution in [3.8, 4) is 5.75 Å². The summed E-state index contributed by atoms with van der Waals surface area (Å²) in [4.78, 5) is 11.7. The summed E-state index contributed by atoms with van der Waals surface area (Å²) >= 11 is 0. The van der Waals surface area contributed by atoms with Gasteiger partial charge in [-0.2, -0.15) is 0 Å². The Morgan fingerprint density at radius 3 is 2.81 bits per heavy atom. The monoisotopic (exact) mass is 294 g/mol. The molecule has 6 nitrogen and oxygen atoms in total. The molecule has 1 amide bonds. The summed E-state index contributed by atoms with van der Waals surface area (Å²) in [5, 5.41) is 15.2. The van der Waals surface area contributed by atoms with Crippen molar-refractivity contribution in [1.29, 1.82) is 0 Å². The Kier molecular flexibility index (Phi) is 4.27. The van der Waals surface area contributed by atoms with E-state index in [-0.39, 0.29) is 18.8 Å². The van der Waals surface area contributed by atoms with Gasteiger partial charge in [-0.05, 0) is 45.9 Å². The Morgan fingerprint density at radius 1 is 1.48 bits per heavy atom. The summed E-state index contributed by atoms with van der Waals surface area (Å²) in [7, 11) is 0. The molecule has 0 saturated carbocycles. The third-order valence-corrected chi connectivity index (χ3v) is 3.02. The van der Waals surface area contributed by atoms with Gasteiger partial charge in [-0.15, -0.1) is 0 Å². The van der Waals surface area contributed by atoms with E-state index in [0.717, 1.165) is 5.69 Å². The van der Waals surface area contributed by atoms with Crippen LogP contribution in [0.3, 0.4) is 0 Å². The van der Waals surface area contributed by atoms with E-state index in [9.17, 15) is 9.90 Å². The van der Waals surface area contributed by atoms with Crippen LogP contribution in [-0.4, -0.2) is 35.6 Å². The molecule has 0 aromatic heterocycles. The lowest BCUT2D eigenvalue weighted by Crippen LogP contribution is -2.41. The van der Waals surface area contributed by atoms with Crippen LogP contribution in [0.4, 0.5) is 16.2 Å². The van der Waals surface area contributed by atoms with Gasteiger partial charge in [0.25, 0.3) is 0 Å². The van der Waals surface area contributed by atoms with Crippen LogP contribution in [0.15, 0.2) is 18.2 Å². The van der Waals surface area contributed by atoms with Crippen LogP contribution >= 0.6 is 0 Å². The number of anilines is 2. The molecule has 0 radical (unpaired) electrons. The number of aliphatic hydroxyl groups excluding tert-OH is 1. The van der Waals surface area contributed by atoms with Gasteiger partial charge in [0.05, 0.1) is 18.3 Å². The Labute approximate surface area is 124 Å². The third kappa shape index (κ3) is 4.01. The minimum Gasteiger partial charge on any atom is -0.484 e. The van der Waals surface area contributed by atoms with Crippen molar-refractivity contribution in [2.75, 3.05) is 17.2 Å². The lowest BCUT2D eigenvalue weighted by molar-refractivity contribution is 0.0636. The number of fused-ring (bicyclic) bond motifs is 1.